The Morgan fingerprint density at radius 1 is 0.403 bits per heavy atom. The first-order valence-corrected chi connectivity index (χ1v) is 21.9. The first-order chi connectivity index (χ1) is 30.4. The molecule has 10 rings (SSSR count). The molecule has 0 atom stereocenters. The minimum atomic E-state index is 0.00573. The van der Waals surface area contributed by atoms with E-state index in [2.05, 4.69) is 245 Å². The van der Waals surface area contributed by atoms with Crippen molar-refractivity contribution in [1.29, 1.82) is 0 Å². The first-order valence-electron chi connectivity index (χ1n) is 21.9. The minimum absolute atomic E-state index is 0.00573. The molecule has 0 radical (unpaired) electrons. The van der Waals surface area contributed by atoms with E-state index < -0.39 is 0 Å². The summed E-state index contributed by atoms with van der Waals surface area (Å²) in [5.41, 5.74) is 24.5. The number of fused-ring (bicyclic) bond motifs is 3. The zero-order chi connectivity index (χ0) is 42.0. The first kappa shape index (κ1) is 38.9. The van der Waals surface area contributed by atoms with Gasteiger partial charge in [0.15, 0.2) is 0 Å². The summed E-state index contributed by atoms with van der Waals surface area (Å²) in [5, 5.41) is 0. The molecule has 1 aliphatic carbocycles. The number of hydrogen-bond donors (Lipinski definition) is 0. The summed E-state index contributed by atoms with van der Waals surface area (Å²) in [7, 11) is 0. The molecule has 1 aliphatic rings. The van der Waals surface area contributed by atoms with Crippen LogP contribution in [0.1, 0.15) is 58.4 Å². The van der Waals surface area contributed by atoms with Gasteiger partial charge in [0.2, 0.25) is 0 Å². The van der Waals surface area contributed by atoms with Crippen molar-refractivity contribution in [2.24, 2.45) is 0 Å². The highest BCUT2D eigenvalue weighted by Gasteiger charge is 2.35. The van der Waals surface area contributed by atoms with Gasteiger partial charge in [-0.05, 0) is 132 Å². The van der Waals surface area contributed by atoms with Crippen LogP contribution in [0.2, 0.25) is 0 Å². The molecule has 0 amide bonds. The van der Waals surface area contributed by atoms with Gasteiger partial charge in [0.05, 0.1) is 0 Å². The van der Waals surface area contributed by atoms with E-state index in [-0.39, 0.29) is 5.41 Å². The predicted octanol–water partition coefficient (Wildman–Crippen LogP) is 16.3. The summed E-state index contributed by atoms with van der Waals surface area (Å²) < 4.78 is 0. The van der Waals surface area contributed by atoms with Crippen molar-refractivity contribution >= 4 is 11.6 Å². The van der Waals surface area contributed by atoms with Crippen molar-refractivity contribution in [3.05, 3.63) is 263 Å². The molecule has 0 aromatic heterocycles. The molecule has 0 bridgehead atoms. The third-order valence-electron chi connectivity index (χ3n) is 13.0. The van der Waals surface area contributed by atoms with Gasteiger partial charge in [-0.2, -0.15) is 0 Å². The van der Waals surface area contributed by atoms with Crippen molar-refractivity contribution in [3.63, 3.8) is 0 Å². The molecule has 0 heterocycles. The van der Waals surface area contributed by atoms with Crippen LogP contribution in [0.25, 0.3) is 67.3 Å². The Labute approximate surface area is 367 Å². The van der Waals surface area contributed by atoms with Gasteiger partial charge >= 0.3 is 0 Å². The van der Waals surface area contributed by atoms with Gasteiger partial charge in [0.1, 0.15) is 0 Å². The fourth-order valence-corrected chi connectivity index (χ4v) is 9.50. The molecule has 62 heavy (non-hydrogen) atoms. The van der Waals surface area contributed by atoms with Crippen LogP contribution in [-0.4, -0.2) is 0 Å². The number of benzene rings is 9. The molecular formula is C62H50. The maximum absolute atomic E-state index is 2.39. The van der Waals surface area contributed by atoms with Gasteiger partial charge in [0, 0.05) is 5.41 Å². The topological polar surface area (TPSA) is 0 Å². The quantitative estimate of drug-likeness (QED) is 0.121. The lowest BCUT2D eigenvalue weighted by Gasteiger charge is -2.21. The lowest BCUT2D eigenvalue weighted by Crippen LogP contribution is -2.14. The average molecular weight is 795 g/mol. The Balaban J connectivity index is 0.919. The number of hydrogen-bond acceptors (Lipinski definition) is 0. The van der Waals surface area contributed by atoms with Crippen molar-refractivity contribution in [2.45, 2.75) is 39.0 Å². The smallest absolute Gasteiger partial charge is 0.0158 e. The van der Waals surface area contributed by atoms with E-state index in [1.165, 1.54) is 106 Å². The molecule has 9 aromatic carbocycles. The number of allylic oxidation sites excluding steroid dienone is 1. The van der Waals surface area contributed by atoms with Crippen LogP contribution >= 0.6 is 0 Å². The molecule has 0 heteroatoms. The zero-order valence-corrected chi connectivity index (χ0v) is 35.8. The normalized spacial score (nSPS) is 12.8. The summed E-state index contributed by atoms with van der Waals surface area (Å²) in [6.07, 6.45) is 4.09. The largest absolute Gasteiger partial charge is 0.0622 e. The van der Waals surface area contributed by atoms with E-state index in [4.69, 9.17) is 0 Å². The molecule has 9 aromatic rings. The molecule has 0 saturated carbocycles. The van der Waals surface area contributed by atoms with Crippen molar-refractivity contribution in [3.8, 4) is 55.6 Å². The summed E-state index contributed by atoms with van der Waals surface area (Å²) >= 11 is 0. The van der Waals surface area contributed by atoms with Crippen LogP contribution in [0.5, 0.6) is 0 Å². The lowest BCUT2D eigenvalue weighted by atomic mass is 9.82. The fourth-order valence-electron chi connectivity index (χ4n) is 9.50. The Morgan fingerprint density at radius 3 is 1.60 bits per heavy atom. The Kier molecular flexibility index (Phi) is 10.4. The van der Waals surface area contributed by atoms with Gasteiger partial charge in [-0.25, -0.2) is 0 Å². The van der Waals surface area contributed by atoms with Crippen LogP contribution < -0.4 is 0 Å². The monoisotopic (exact) mass is 794 g/mol. The van der Waals surface area contributed by atoms with E-state index in [0.717, 1.165) is 12.8 Å². The third kappa shape index (κ3) is 7.77. The van der Waals surface area contributed by atoms with Crippen LogP contribution in [0.4, 0.5) is 0 Å². The molecule has 0 nitrogen and oxygen atoms in total. The highest BCUT2D eigenvalue weighted by molar-refractivity contribution is 5.87. The lowest BCUT2D eigenvalue weighted by molar-refractivity contribution is 0.660. The van der Waals surface area contributed by atoms with Crippen molar-refractivity contribution in [1.82, 2.24) is 0 Å². The van der Waals surface area contributed by atoms with Gasteiger partial charge in [-0.15, -0.1) is 0 Å². The zero-order valence-electron chi connectivity index (χ0n) is 35.8. The molecule has 0 unspecified atom stereocenters. The fraction of sp³-hybridized carbons (Fsp3) is 0.0968. The molecule has 0 N–H and O–H groups in total. The standard InChI is InChI=1S/C62H50/c1-43-13-7-9-17-56(43)57-18-10-8-16-54(57)39-44-21-29-49(30-22-44)50-31-25-46(26-32-50)41-55(40-45-23-27-48(28-24-45)47-14-5-4-6-15-47)52-35-33-51(34-36-52)53-37-38-61-59(42-53)58-19-11-12-20-60(58)62(61,2)3/h4-38,41-42H,39-40H2,1-3H3/b55-41-. The highest BCUT2D eigenvalue weighted by Crippen LogP contribution is 2.49. The molecule has 0 aliphatic heterocycles. The average Bonchev–Trinajstić information content (AvgIpc) is 3.55. The Bertz CT molecular complexity index is 3030. The molecular weight excluding hydrogens is 745 g/mol. The van der Waals surface area contributed by atoms with Crippen molar-refractivity contribution in [2.75, 3.05) is 0 Å². The number of aryl methyl sites for hydroxylation is 1. The second-order valence-electron chi connectivity index (χ2n) is 17.4. The predicted molar refractivity (Wildman–Crippen MR) is 264 cm³/mol. The van der Waals surface area contributed by atoms with Crippen molar-refractivity contribution < 1.29 is 0 Å². The summed E-state index contributed by atoms with van der Waals surface area (Å²) in [4.78, 5) is 0. The van der Waals surface area contributed by atoms with Crippen LogP contribution in [0, 0.1) is 6.92 Å². The Hall–Kier alpha value is -7.28. The van der Waals surface area contributed by atoms with Gasteiger partial charge in [-0.3, -0.25) is 0 Å². The third-order valence-corrected chi connectivity index (χ3v) is 13.0. The summed E-state index contributed by atoms with van der Waals surface area (Å²) in [6, 6.07) is 80.4. The molecule has 0 spiro atoms. The highest BCUT2D eigenvalue weighted by atomic mass is 14.4. The van der Waals surface area contributed by atoms with Crippen LogP contribution in [0.3, 0.4) is 0 Å². The molecule has 0 fully saturated rings. The molecule has 298 valence electrons. The second kappa shape index (κ2) is 16.6. The van der Waals surface area contributed by atoms with E-state index >= 15 is 0 Å². The van der Waals surface area contributed by atoms with E-state index in [1.807, 2.05) is 0 Å². The summed E-state index contributed by atoms with van der Waals surface area (Å²) in [5.74, 6) is 0. The summed E-state index contributed by atoms with van der Waals surface area (Å²) in [6.45, 7) is 6.88. The Morgan fingerprint density at radius 2 is 0.903 bits per heavy atom. The maximum atomic E-state index is 2.39. The maximum Gasteiger partial charge on any atom is 0.0158 e. The van der Waals surface area contributed by atoms with Crippen LogP contribution in [0.15, 0.2) is 218 Å². The van der Waals surface area contributed by atoms with E-state index in [1.54, 1.807) is 0 Å². The van der Waals surface area contributed by atoms with E-state index in [9.17, 15) is 0 Å². The van der Waals surface area contributed by atoms with Gasteiger partial charge in [-0.1, -0.05) is 232 Å². The van der Waals surface area contributed by atoms with E-state index in [0.29, 0.717) is 0 Å². The molecule has 0 saturated heterocycles. The second-order valence-corrected chi connectivity index (χ2v) is 17.4. The number of rotatable bonds is 10. The minimum Gasteiger partial charge on any atom is -0.0622 e. The van der Waals surface area contributed by atoms with Crippen LogP contribution in [-0.2, 0) is 18.3 Å². The van der Waals surface area contributed by atoms with Gasteiger partial charge in [0.25, 0.3) is 0 Å². The SMILES string of the molecule is Cc1ccccc1-c1ccccc1Cc1ccc(-c2ccc(/C=C(/Cc3ccc(-c4ccccc4)cc3)c3ccc(-c4ccc5c(c4)-c4ccccc4C5(C)C)cc3)cc2)cc1. The van der Waals surface area contributed by atoms with Gasteiger partial charge < -0.3 is 0 Å².